The zero-order valence-electron chi connectivity index (χ0n) is 8.83. The van der Waals surface area contributed by atoms with Crippen LogP contribution in [0.15, 0.2) is 22.7 Å². The van der Waals surface area contributed by atoms with E-state index in [1.807, 2.05) is 25.1 Å². The lowest BCUT2D eigenvalue weighted by molar-refractivity contribution is 0.115. The van der Waals surface area contributed by atoms with Gasteiger partial charge in [-0.3, -0.25) is 0 Å². The summed E-state index contributed by atoms with van der Waals surface area (Å²) >= 11 is 3.44. The van der Waals surface area contributed by atoms with Crippen LogP contribution < -0.4 is 9.47 Å². The number of hydrogen-bond acceptors (Lipinski definition) is 2. The third-order valence-electron chi connectivity index (χ3n) is 2.55. The lowest BCUT2D eigenvalue weighted by Gasteiger charge is -2.27. The molecule has 0 aromatic heterocycles. The Morgan fingerprint density at radius 2 is 2.13 bits per heavy atom. The van der Waals surface area contributed by atoms with Crippen LogP contribution in [0.1, 0.15) is 26.2 Å². The van der Waals surface area contributed by atoms with Gasteiger partial charge in [0.25, 0.3) is 0 Å². The summed E-state index contributed by atoms with van der Waals surface area (Å²) in [4.78, 5) is 0. The van der Waals surface area contributed by atoms with Crippen LogP contribution >= 0.6 is 15.9 Å². The van der Waals surface area contributed by atoms with Crippen molar-refractivity contribution in [1.29, 1.82) is 0 Å². The molecule has 0 unspecified atom stereocenters. The first-order chi connectivity index (χ1) is 7.29. The van der Waals surface area contributed by atoms with Crippen molar-refractivity contribution < 1.29 is 9.47 Å². The molecule has 1 aliphatic rings. The Morgan fingerprint density at radius 1 is 1.33 bits per heavy atom. The van der Waals surface area contributed by atoms with E-state index in [1.54, 1.807) is 0 Å². The molecule has 0 heterocycles. The summed E-state index contributed by atoms with van der Waals surface area (Å²) in [6, 6.07) is 5.89. The molecule has 1 aromatic rings. The van der Waals surface area contributed by atoms with E-state index >= 15 is 0 Å². The molecule has 1 fully saturated rings. The van der Waals surface area contributed by atoms with Gasteiger partial charge in [0.2, 0.25) is 0 Å². The summed E-state index contributed by atoms with van der Waals surface area (Å²) in [6.45, 7) is 2.65. The van der Waals surface area contributed by atoms with E-state index in [-0.39, 0.29) is 0 Å². The highest BCUT2D eigenvalue weighted by Gasteiger charge is 2.20. The van der Waals surface area contributed by atoms with Crippen molar-refractivity contribution in [2.45, 2.75) is 32.3 Å². The standard InChI is InChI=1S/C12H15BrO2/c1-2-14-11-7-6-9(13)8-12(11)15-10-4-3-5-10/h6-8,10H,2-5H2,1H3. The molecule has 1 saturated carbocycles. The van der Waals surface area contributed by atoms with Gasteiger partial charge < -0.3 is 9.47 Å². The molecule has 2 nitrogen and oxygen atoms in total. The van der Waals surface area contributed by atoms with E-state index in [2.05, 4.69) is 15.9 Å². The molecule has 2 rings (SSSR count). The molecule has 82 valence electrons. The first kappa shape index (κ1) is 10.8. The average Bonchev–Trinajstić information content (AvgIpc) is 2.16. The van der Waals surface area contributed by atoms with E-state index in [4.69, 9.17) is 9.47 Å². The summed E-state index contributed by atoms with van der Waals surface area (Å²) in [5.74, 6) is 1.70. The molecular formula is C12H15BrO2. The molecule has 0 spiro atoms. The van der Waals surface area contributed by atoms with Gasteiger partial charge in [0.1, 0.15) is 0 Å². The normalized spacial score (nSPS) is 15.9. The largest absolute Gasteiger partial charge is 0.490 e. The fraction of sp³-hybridized carbons (Fsp3) is 0.500. The highest BCUT2D eigenvalue weighted by Crippen LogP contribution is 2.34. The third-order valence-corrected chi connectivity index (χ3v) is 3.04. The number of halogens is 1. The van der Waals surface area contributed by atoms with E-state index in [0.29, 0.717) is 12.7 Å². The van der Waals surface area contributed by atoms with Crippen molar-refractivity contribution in [3.05, 3.63) is 22.7 Å². The smallest absolute Gasteiger partial charge is 0.162 e. The van der Waals surface area contributed by atoms with Crippen LogP contribution in [0.3, 0.4) is 0 Å². The molecule has 0 N–H and O–H groups in total. The molecule has 0 saturated heterocycles. The number of benzene rings is 1. The van der Waals surface area contributed by atoms with Crippen molar-refractivity contribution in [3.8, 4) is 11.5 Å². The van der Waals surface area contributed by atoms with Crippen LogP contribution in [0.4, 0.5) is 0 Å². The fourth-order valence-corrected chi connectivity index (χ4v) is 1.86. The first-order valence-electron chi connectivity index (χ1n) is 5.38. The fourth-order valence-electron chi connectivity index (χ4n) is 1.52. The van der Waals surface area contributed by atoms with Crippen molar-refractivity contribution in [2.75, 3.05) is 6.61 Å². The topological polar surface area (TPSA) is 18.5 Å². The van der Waals surface area contributed by atoms with Gasteiger partial charge in [-0.15, -0.1) is 0 Å². The quantitative estimate of drug-likeness (QED) is 0.829. The summed E-state index contributed by atoms with van der Waals surface area (Å²) in [7, 11) is 0. The Kier molecular flexibility index (Phi) is 3.52. The van der Waals surface area contributed by atoms with Gasteiger partial charge in [-0.25, -0.2) is 0 Å². The van der Waals surface area contributed by atoms with Crippen LogP contribution in [0.2, 0.25) is 0 Å². The number of ether oxygens (including phenoxy) is 2. The van der Waals surface area contributed by atoms with Crippen molar-refractivity contribution in [3.63, 3.8) is 0 Å². The average molecular weight is 271 g/mol. The second kappa shape index (κ2) is 4.88. The minimum absolute atomic E-state index is 0.388. The summed E-state index contributed by atoms with van der Waals surface area (Å²) in [5, 5.41) is 0. The summed E-state index contributed by atoms with van der Waals surface area (Å²) in [6.07, 6.45) is 4.00. The van der Waals surface area contributed by atoms with Gasteiger partial charge in [-0.1, -0.05) is 15.9 Å². The second-order valence-corrected chi connectivity index (χ2v) is 4.61. The zero-order valence-corrected chi connectivity index (χ0v) is 10.4. The highest BCUT2D eigenvalue weighted by atomic mass is 79.9. The van der Waals surface area contributed by atoms with Crippen molar-refractivity contribution in [1.82, 2.24) is 0 Å². The number of hydrogen-bond donors (Lipinski definition) is 0. The molecule has 0 atom stereocenters. The predicted octanol–water partition coefficient (Wildman–Crippen LogP) is 3.78. The molecule has 1 aromatic carbocycles. The van der Waals surface area contributed by atoms with E-state index in [0.717, 1.165) is 28.8 Å². The van der Waals surface area contributed by atoms with Gasteiger partial charge in [-0.05, 0) is 44.4 Å². The molecule has 15 heavy (non-hydrogen) atoms. The molecule has 0 bridgehead atoms. The predicted molar refractivity (Wildman–Crippen MR) is 63.6 cm³/mol. The molecule has 1 aliphatic carbocycles. The maximum absolute atomic E-state index is 5.86. The lowest BCUT2D eigenvalue weighted by Crippen LogP contribution is -2.24. The number of rotatable bonds is 4. The van der Waals surface area contributed by atoms with Gasteiger partial charge in [0, 0.05) is 4.47 Å². The van der Waals surface area contributed by atoms with Crippen LogP contribution in [-0.4, -0.2) is 12.7 Å². The molecule has 0 radical (unpaired) electrons. The molecule has 0 amide bonds. The van der Waals surface area contributed by atoms with Crippen LogP contribution in [0.25, 0.3) is 0 Å². The van der Waals surface area contributed by atoms with Crippen LogP contribution in [-0.2, 0) is 0 Å². The van der Waals surface area contributed by atoms with Crippen LogP contribution in [0.5, 0.6) is 11.5 Å². The SMILES string of the molecule is CCOc1ccc(Br)cc1OC1CCC1. The second-order valence-electron chi connectivity index (χ2n) is 3.69. The van der Waals surface area contributed by atoms with Crippen molar-refractivity contribution >= 4 is 15.9 Å². The van der Waals surface area contributed by atoms with Gasteiger partial charge in [0.05, 0.1) is 12.7 Å². The van der Waals surface area contributed by atoms with E-state index in [1.165, 1.54) is 6.42 Å². The molecular weight excluding hydrogens is 256 g/mol. The van der Waals surface area contributed by atoms with Gasteiger partial charge >= 0.3 is 0 Å². The first-order valence-corrected chi connectivity index (χ1v) is 6.18. The van der Waals surface area contributed by atoms with Crippen LogP contribution in [0, 0.1) is 0 Å². The molecule has 3 heteroatoms. The maximum atomic E-state index is 5.86. The Morgan fingerprint density at radius 3 is 2.73 bits per heavy atom. The lowest BCUT2D eigenvalue weighted by atomic mass is 9.96. The van der Waals surface area contributed by atoms with E-state index < -0.39 is 0 Å². The summed E-state index contributed by atoms with van der Waals surface area (Å²) < 4.78 is 12.4. The highest BCUT2D eigenvalue weighted by molar-refractivity contribution is 9.10. The minimum Gasteiger partial charge on any atom is -0.490 e. The Balaban J connectivity index is 2.13. The van der Waals surface area contributed by atoms with Crippen molar-refractivity contribution in [2.24, 2.45) is 0 Å². The Hall–Kier alpha value is -0.700. The summed E-state index contributed by atoms with van der Waals surface area (Å²) in [5.41, 5.74) is 0. The third kappa shape index (κ3) is 2.65. The van der Waals surface area contributed by atoms with E-state index in [9.17, 15) is 0 Å². The Labute approximate surface area is 98.7 Å². The molecule has 0 aliphatic heterocycles. The maximum Gasteiger partial charge on any atom is 0.162 e. The minimum atomic E-state index is 0.388. The Bertz CT molecular complexity index is 334. The van der Waals surface area contributed by atoms with Gasteiger partial charge in [-0.2, -0.15) is 0 Å². The van der Waals surface area contributed by atoms with Gasteiger partial charge in [0.15, 0.2) is 11.5 Å². The zero-order chi connectivity index (χ0) is 10.7. The monoisotopic (exact) mass is 270 g/mol.